The third-order valence-electron chi connectivity index (χ3n) is 4.78. The van der Waals surface area contributed by atoms with E-state index in [1.807, 2.05) is 0 Å². The summed E-state index contributed by atoms with van der Waals surface area (Å²) < 4.78 is 66.5. The van der Waals surface area contributed by atoms with Crippen LogP contribution >= 0.6 is 0 Å². The molecule has 3 unspecified atom stereocenters. The van der Waals surface area contributed by atoms with Crippen LogP contribution in [0.5, 0.6) is 0 Å². The highest BCUT2D eigenvalue weighted by molar-refractivity contribution is 5.11. The molecule has 1 saturated carbocycles. The predicted molar refractivity (Wildman–Crippen MR) is 82.6 cm³/mol. The Bertz CT molecular complexity index is 489. The molecule has 0 aromatic heterocycles. The second-order valence-electron chi connectivity index (χ2n) is 6.29. The molecule has 2 aliphatic rings. The van der Waals surface area contributed by atoms with Crippen molar-refractivity contribution < 1.29 is 19.0 Å². The van der Waals surface area contributed by atoms with Crippen molar-refractivity contribution in [3.05, 3.63) is 11.9 Å². The highest BCUT2D eigenvalue weighted by Crippen LogP contribution is 2.41. The molecule has 0 bridgehead atoms. The van der Waals surface area contributed by atoms with Crippen LogP contribution in [0.2, 0.25) is 0 Å². The van der Waals surface area contributed by atoms with Crippen LogP contribution < -0.4 is 0 Å². The zero-order valence-corrected chi connectivity index (χ0v) is 13.1. The molecule has 122 valence electrons. The molecule has 0 aromatic rings. The second-order valence-corrected chi connectivity index (χ2v) is 6.29. The second kappa shape index (κ2) is 8.26. The molecule has 0 spiro atoms. The standard InChI is InChI=1S/C18H30F2O/c1-3-4-5-6-13-7-9-14(10-8-13)15-11-16(19)18(21-2)17(20)12-15/h11,13-15,17-18H,3-10,12H2,1-2H3/i12D2,15D,17D. The van der Waals surface area contributed by atoms with Gasteiger partial charge in [-0.2, -0.15) is 0 Å². The van der Waals surface area contributed by atoms with Gasteiger partial charge < -0.3 is 4.74 Å². The minimum Gasteiger partial charge on any atom is -0.371 e. The van der Waals surface area contributed by atoms with Crippen molar-refractivity contribution in [2.75, 3.05) is 7.11 Å². The van der Waals surface area contributed by atoms with E-state index in [9.17, 15) is 8.78 Å². The van der Waals surface area contributed by atoms with Crippen molar-refractivity contribution in [3.63, 3.8) is 0 Å². The van der Waals surface area contributed by atoms with E-state index in [4.69, 9.17) is 5.48 Å². The first kappa shape index (κ1) is 12.0. The van der Waals surface area contributed by atoms with Crippen LogP contribution in [0.25, 0.3) is 0 Å². The number of rotatable bonds is 6. The fourth-order valence-electron chi connectivity index (χ4n) is 3.47. The Labute approximate surface area is 133 Å². The fraction of sp³-hybridized carbons (Fsp3) is 0.889. The van der Waals surface area contributed by atoms with Crippen LogP contribution in [0, 0.1) is 17.7 Å². The Balaban J connectivity index is 2.16. The summed E-state index contributed by atoms with van der Waals surface area (Å²) in [5, 5.41) is 0. The molecule has 2 rings (SSSR count). The predicted octanol–water partition coefficient (Wildman–Crippen LogP) is 5.60. The van der Waals surface area contributed by atoms with E-state index < -0.39 is 36.3 Å². The zero-order valence-electron chi connectivity index (χ0n) is 17.1. The van der Waals surface area contributed by atoms with E-state index >= 15 is 0 Å². The van der Waals surface area contributed by atoms with Gasteiger partial charge in [0.2, 0.25) is 0 Å². The monoisotopic (exact) mass is 304 g/mol. The minimum absolute atomic E-state index is 0.492. The summed E-state index contributed by atoms with van der Waals surface area (Å²) in [6.45, 7) is 2.16. The van der Waals surface area contributed by atoms with E-state index in [-0.39, 0.29) is 0 Å². The number of halogens is 2. The average Bonchev–Trinajstić information content (AvgIpc) is 2.54. The highest BCUT2D eigenvalue weighted by Gasteiger charge is 2.37. The molecule has 0 heterocycles. The van der Waals surface area contributed by atoms with Crippen molar-refractivity contribution in [1.29, 1.82) is 0 Å². The maximum atomic E-state index is 14.9. The number of hydrogen-bond acceptors (Lipinski definition) is 1. The van der Waals surface area contributed by atoms with Crippen LogP contribution in [-0.4, -0.2) is 19.4 Å². The molecule has 0 saturated heterocycles. The third-order valence-corrected chi connectivity index (χ3v) is 4.78. The van der Waals surface area contributed by atoms with Gasteiger partial charge in [-0.25, -0.2) is 8.78 Å². The van der Waals surface area contributed by atoms with Crippen molar-refractivity contribution in [2.24, 2.45) is 17.7 Å². The molecular formula is C18H30F2O. The SMILES string of the molecule is [2H]C1(F)C(OC)C(F)=CC([2H])(C2CCC(CCCCC)CC2)C1([2H])[2H]. The van der Waals surface area contributed by atoms with Crippen molar-refractivity contribution in [3.8, 4) is 0 Å². The van der Waals surface area contributed by atoms with Gasteiger partial charge in [0.1, 0.15) is 18.1 Å². The number of methoxy groups -OCH3 is 1. The van der Waals surface area contributed by atoms with E-state index in [2.05, 4.69) is 11.7 Å². The lowest BCUT2D eigenvalue weighted by molar-refractivity contribution is 0.0173. The first-order valence-electron chi connectivity index (χ1n) is 10.2. The van der Waals surface area contributed by atoms with Crippen molar-refractivity contribution in [1.82, 2.24) is 0 Å². The summed E-state index contributed by atoms with van der Waals surface area (Å²) in [7, 11) is 1.05. The van der Waals surface area contributed by atoms with Gasteiger partial charge in [-0.05, 0) is 43.0 Å². The molecule has 0 aromatic carbocycles. The van der Waals surface area contributed by atoms with E-state index in [1.165, 1.54) is 12.8 Å². The van der Waals surface area contributed by atoms with Gasteiger partial charge in [0, 0.05) is 11.2 Å². The molecule has 3 atom stereocenters. The maximum absolute atomic E-state index is 14.9. The van der Waals surface area contributed by atoms with Crippen molar-refractivity contribution >= 4 is 0 Å². The maximum Gasteiger partial charge on any atom is 0.139 e. The van der Waals surface area contributed by atoms with Crippen LogP contribution in [0.4, 0.5) is 8.78 Å². The zero-order chi connectivity index (χ0) is 18.9. The first-order valence-corrected chi connectivity index (χ1v) is 8.21. The smallest absolute Gasteiger partial charge is 0.139 e. The molecule has 0 aliphatic heterocycles. The Morgan fingerprint density at radius 3 is 2.67 bits per heavy atom. The van der Waals surface area contributed by atoms with E-state index in [0.717, 1.165) is 38.9 Å². The Morgan fingerprint density at radius 1 is 1.33 bits per heavy atom. The molecule has 3 heteroatoms. The molecule has 1 fully saturated rings. The number of ether oxygens (including phenoxy) is 1. The summed E-state index contributed by atoms with van der Waals surface area (Å²) in [5.74, 6) is -3.08. The Kier molecular flexibility index (Phi) is 4.74. The molecule has 0 radical (unpaired) electrons. The van der Waals surface area contributed by atoms with E-state index in [0.29, 0.717) is 18.8 Å². The highest BCUT2D eigenvalue weighted by atomic mass is 19.1. The lowest BCUT2D eigenvalue weighted by atomic mass is 9.71. The van der Waals surface area contributed by atoms with Gasteiger partial charge in [0.15, 0.2) is 0 Å². The van der Waals surface area contributed by atoms with Gasteiger partial charge in [0.25, 0.3) is 0 Å². The normalized spacial score (nSPS) is 49.5. The number of alkyl halides is 1. The summed E-state index contributed by atoms with van der Waals surface area (Å²) >= 11 is 0. The van der Waals surface area contributed by atoms with Gasteiger partial charge in [-0.3, -0.25) is 0 Å². The fourth-order valence-corrected chi connectivity index (χ4v) is 3.47. The number of allylic oxidation sites excluding steroid dienone is 1. The average molecular weight is 304 g/mol. The minimum atomic E-state index is -3.33. The summed E-state index contributed by atoms with van der Waals surface area (Å²) in [4.78, 5) is 0. The Morgan fingerprint density at radius 2 is 2.05 bits per heavy atom. The van der Waals surface area contributed by atoms with Gasteiger partial charge in [-0.1, -0.05) is 45.4 Å². The van der Waals surface area contributed by atoms with Crippen LogP contribution in [-0.2, 0) is 4.74 Å². The number of hydrogen-bond donors (Lipinski definition) is 0. The molecule has 2 aliphatic carbocycles. The van der Waals surface area contributed by atoms with Crippen molar-refractivity contribution in [2.45, 2.75) is 76.9 Å². The lowest BCUT2D eigenvalue weighted by Crippen LogP contribution is -2.34. The van der Waals surface area contributed by atoms with E-state index in [1.54, 1.807) is 0 Å². The lowest BCUT2D eigenvalue weighted by Gasteiger charge is -2.36. The largest absolute Gasteiger partial charge is 0.371 e. The van der Waals surface area contributed by atoms with Gasteiger partial charge in [0.05, 0.1) is 1.37 Å². The third kappa shape index (κ3) is 4.51. The van der Waals surface area contributed by atoms with Gasteiger partial charge in [-0.15, -0.1) is 0 Å². The van der Waals surface area contributed by atoms with Gasteiger partial charge >= 0.3 is 0 Å². The van der Waals surface area contributed by atoms with Crippen LogP contribution in [0.1, 0.15) is 70.1 Å². The quantitative estimate of drug-likeness (QED) is 0.580. The topological polar surface area (TPSA) is 9.23 Å². The molecule has 0 N–H and O–H groups in total. The summed E-state index contributed by atoms with van der Waals surface area (Å²) in [6.07, 6.45) is 0.255. The number of unbranched alkanes of at least 4 members (excludes halogenated alkanes) is 2. The first-order chi connectivity index (χ1) is 11.6. The Hall–Kier alpha value is -0.440. The van der Waals surface area contributed by atoms with Crippen LogP contribution in [0.15, 0.2) is 11.9 Å². The molecule has 21 heavy (non-hydrogen) atoms. The summed E-state index contributed by atoms with van der Waals surface area (Å²) in [5.41, 5.74) is 0. The molecule has 1 nitrogen and oxygen atoms in total. The molecule has 0 amide bonds. The molecular weight excluding hydrogens is 270 g/mol. The summed E-state index contributed by atoms with van der Waals surface area (Å²) in [6, 6.07) is 0. The van der Waals surface area contributed by atoms with Crippen LogP contribution in [0.3, 0.4) is 0 Å².